The van der Waals surface area contributed by atoms with Crippen LogP contribution in [0.2, 0.25) is 0 Å². The summed E-state index contributed by atoms with van der Waals surface area (Å²) in [4.78, 5) is 0. The molecule has 0 aromatic heterocycles. The van der Waals surface area contributed by atoms with E-state index >= 15 is 0 Å². The zero-order valence-electron chi connectivity index (χ0n) is 11.6. The summed E-state index contributed by atoms with van der Waals surface area (Å²) in [5, 5.41) is 0. The van der Waals surface area contributed by atoms with Gasteiger partial charge in [-0.15, -0.1) is 0 Å². The summed E-state index contributed by atoms with van der Waals surface area (Å²) in [5.41, 5.74) is 5.82. The van der Waals surface area contributed by atoms with Crippen molar-refractivity contribution in [2.75, 3.05) is 13.2 Å². The van der Waals surface area contributed by atoms with Crippen LogP contribution in [0.1, 0.15) is 54.9 Å². The summed E-state index contributed by atoms with van der Waals surface area (Å²) in [6.07, 6.45) is 1.05. The monoisotopic (exact) mass is 215 g/mol. The molecular formula is C13H29NO. The molecule has 0 aliphatic rings. The lowest BCUT2D eigenvalue weighted by molar-refractivity contribution is -0.122. The predicted octanol–water partition coefficient (Wildman–Crippen LogP) is 3.20. The second-order valence-corrected chi connectivity index (χ2v) is 6.86. The molecule has 0 radical (unpaired) electrons. The molecule has 0 spiro atoms. The first-order valence-corrected chi connectivity index (χ1v) is 5.86. The number of nitrogens with two attached hydrogens (primary N) is 1. The van der Waals surface area contributed by atoms with Gasteiger partial charge >= 0.3 is 0 Å². The molecule has 2 N–H and O–H groups in total. The molecule has 0 heterocycles. The molecular weight excluding hydrogens is 186 g/mol. The van der Waals surface area contributed by atoms with Crippen LogP contribution in [0, 0.1) is 10.8 Å². The second kappa shape index (κ2) is 4.84. The third-order valence-corrected chi connectivity index (χ3v) is 2.99. The minimum atomic E-state index is -0.107. The van der Waals surface area contributed by atoms with E-state index in [0.717, 1.165) is 6.42 Å². The molecule has 0 amide bonds. The Morgan fingerprint density at radius 2 is 1.40 bits per heavy atom. The van der Waals surface area contributed by atoms with Crippen LogP contribution in [0.4, 0.5) is 0 Å². The Kier molecular flexibility index (Phi) is 4.81. The molecule has 15 heavy (non-hydrogen) atoms. The molecule has 2 nitrogen and oxygen atoms in total. The van der Waals surface area contributed by atoms with Gasteiger partial charge < -0.3 is 10.5 Å². The van der Waals surface area contributed by atoms with Gasteiger partial charge in [0.15, 0.2) is 0 Å². The van der Waals surface area contributed by atoms with Crippen LogP contribution >= 0.6 is 0 Å². The zero-order valence-corrected chi connectivity index (χ0v) is 11.6. The van der Waals surface area contributed by atoms with E-state index in [1.807, 2.05) is 0 Å². The highest BCUT2D eigenvalue weighted by Crippen LogP contribution is 2.41. The fraction of sp³-hybridized carbons (Fsp3) is 1.00. The lowest BCUT2D eigenvalue weighted by Gasteiger charge is -2.45. The van der Waals surface area contributed by atoms with Crippen molar-refractivity contribution in [2.45, 2.75) is 60.5 Å². The molecule has 0 saturated carbocycles. The molecule has 0 aliphatic heterocycles. The smallest absolute Gasteiger partial charge is 0.0708 e. The summed E-state index contributed by atoms with van der Waals surface area (Å²) < 4.78 is 5.99. The lowest BCUT2D eigenvalue weighted by Crippen LogP contribution is -2.46. The van der Waals surface area contributed by atoms with Crippen LogP contribution in [0.3, 0.4) is 0 Å². The molecule has 1 atom stereocenters. The van der Waals surface area contributed by atoms with Gasteiger partial charge in [0.2, 0.25) is 0 Å². The second-order valence-electron chi connectivity index (χ2n) is 6.86. The zero-order chi connectivity index (χ0) is 12.3. The quantitative estimate of drug-likeness (QED) is 0.781. The summed E-state index contributed by atoms with van der Waals surface area (Å²) in [6, 6.07) is 0. The molecule has 0 rings (SSSR count). The molecule has 0 bridgehead atoms. The van der Waals surface area contributed by atoms with Gasteiger partial charge in [0, 0.05) is 6.54 Å². The first-order valence-electron chi connectivity index (χ1n) is 5.86. The van der Waals surface area contributed by atoms with Crippen molar-refractivity contribution in [1.29, 1.82) is 0 Å². The number of hydrogen-bond donors (Lipinski definition) is 1. The Labute approximate surface area is 95.6 Å². The number of rotatable bonds is 4. The number of hydrogen-bond acceptors (Lipinski definition) is 2. The average molecular weight is 215 g/mol. The van der Waals surface area contributed by atoms with E-state index in [1.54, 1.807) is 0 Å². The highest BCUT2D eigenvalue weighted by molar-refractivity contribution is 4.91. The molecule has 0 saturated heterocycles. The Morgan fingerprint density at radius 3 is 1.67 bits per heavy atom. The Bertz CT molecular complexity index is 188. The topological polar surface area (TPSA) is 35.2 Å². The van der Waals surface area contributed by atoms with Gasteiger partial charge in [-0.3, -0.25) is 0 Å². The van der Waals surface area contributed by atoms with E-state index in [4.69, 9.17) is 10.5 Å². The standard InChI is InChI=1S/C13H29NO/c1-11(2,3)10-13(7,12(4,5)6)15-9-8-14/h8-10,14H2,1-7H3. The predicted molar refractivity (Wildman–Crippen MR) is 66.9 cm³/mol. The summed E-state index contributed by atoms with van der Waals surface area (Å²) >= 11 is 0. The van der Waals surface area contributed by atoms with Gasteiger partial charge in [0.25, 0.3) is 0 Å². The first-order chi connectivity index (χ1) is 6.52. The van der Waals surface area contributed by atoms with Crippen molar-refractivity contribution < 1.29 is 4.74 Å². The lowest BCUT2D eigenvalue weighted by atomic mass is 9.69. The highest BCUT2D eigenvalue weighted by atomic mass is 16.5. The number of ether oxygens (including phenoxy) is 1. The minimum Gasteiger partial charge on any atom is -0.373 e. The van der Waals surface area contributed by atoms with Crippen molar-refractivity contribution in [1.82, 2.24) is 0 Å². The van der Waals surface area contributed by atoms with Crippen molar-refractivity contribution in [2.24, 2.45) is 16.6 Å². The maximum Gasteiger partial charge on any atom is 0.0708 e. The van der Waals surface area contributed by atoms with Crippen LogP contribution in [-0.4, -0.2) is 18.8 Å². The van der Waals surface area contributed by atoms with Crippen LogP contribution in [0.25, 0.3) is 0 Å². The maximum absolute atomic E-state index is 5.99. The summed E-state index contributed by atoms with van der Waals surface area (Å²) in [7, 11) is 0. The SMILES string of the molecule is CC(C)(C)CC(C)(OCCN)C(C)(C)C. The van der Waals surface area contributed by atoms with Gasteiger partial charge in [-0.25, -0.2) is 0 Å². The van der Waals surface area contributed by atoms with Crippen molar-refractivity contribution >= 4 is 0 Å². The van der Waals surface area contributed by atoms with Gasteiger partial charge in [-0.1, -0.05) is 41.5 Å². The van der Waals surface area contributed by atoms with E-state index in [1.165, 1.54) is 0 Å². The highest BCUT2D eigenvalue weighted by Gasteiger charge is 2.41. The van der Waals surface area contributed by atoms with Gasteiger partial charge in [-0.2, -0.15) is 0 Å². The van der Waals surface area contributed by atoms with Crippen molar-refractivity contribution in [3.63, 3.8) is 0 Å². The minimum absolute atomic E-state index is 0.107. The Morgan fingerprint density at radius 1 is 0.933 bits per heavy atom. The van der Waals surface area contributed by atoms with Crippen molar-refractivity contribution in [3.05, 3.63) is 0 Å². The molecule has 0 aliphatic carbocycles. The van der Waals surface area contributed by atoms with Gasteiger partial charge in [0.05, 0.1) is 12.2 Å². The van der Waals surface area contributed by atoms with Crippen LogP contribution < -0.4 is 5.73 Å². The van der Waals surface area contributed by atoms with Crippen LogP contribution in [-0.2, 0) is 4.74 Å². The van der Waals surface area contributed by atoms with E-state index in [2.05, 4.69) is 48.5 Å². The molecule has 0 fully saturated rings. The van der Waals surface area contributed by atoms with E-state index < -0.39 is 0 Å². The van der Waals surface area contributed by atoms with Gasteiger partial charge in [0.1, 0.15) is 0 Å². The molecule has 2 heteroatoms. The molecule has 0 aromatic carbocycles. The van der Waals surface area contributed by atoms with Crippen molar-refractivity contribution in [3.8, 4) is 0 Å². The first kappa shape index (κ1) is 14.9. The third-order valence-electron chi connectivity index (χ3n) is 2.99. The average Bonchev–Trinajstić information content (AvgIpc) is 1.95. The van der Waals surface area contributed by atoms with E-state index in [9.17, 15) is 0 Å². The maximum atomic E-state index is 5.99. The fourth-order valence-electron chi connectivity index (χ4n) is 1.83. The van der Waals surface area contributed by atoms with E-state index in [-0.39, 0.29) is 16.4 Å². The Balaban J connectivity index is 4.71. The summed E-state index contributed by atoms with van der Waals surface area (Å²) in [6.45, 7) is 16.9. The molecule has 1 unspecified atom stereocenters. The summed E-state index contributed by atoms with van der Waals surface area (Å²) in [5.74, 6) is 0. The van der Waals surface area contributed by atoms with Crippen LogP contribution in [0.5, 0.6) is 0 Å². The Hall–Kier alpha value is -0.0800. The molecule has 92 valence electrons. The van der Waals surface area contributed by atoms with Gasteiger partial charge in [-0.05, 0) is 24.2 Å². The normalized spacial score (nSPS) is 17.6. The largest absolute Gasteiger partial charge is 0.373 e. The van der Waals surface area contributed by atoms with Crippen LogP contribution in [0.15, 0.2) is 0 Å². The van der Waals surface area contributed by atoms with E-state index in [0.29, 0.717) is 13.2 Å². The molecule has 0 aromatic rings. The third kappa shape index (κ3) is 4.98. The fourth-order valence-corrected chi connectivity index (χ4v) is 1.83.